The van der Waals surface area contributed by atoms with Gasteiger partial charge in [0.05, 0.1) is 18.3 Å². The molecule has 0 amide bonds. The Kier molecular flexibility index (Phi) is 3.87. The third-order valence-corrected chi connectivity index (χ3v) is 3.18. The number of H-pyrrole nitrogens is 1. The van der Waals surface area contributed by atoms with Crippen LogP contribution in [0.2, 0.25) is 0 Å². The molecule has 1 fully saturated rings. The van der Waals surface area contributed by atoms with E-state index in [4.69, 9.17) is 15.6 Å². The van der Waals surface area contributed by atoms with Crippen LogP contribution in [0, 0.1) is 6.92 Å². The molecule has 0 radical (unpaired) electrons. The molecule has 0 bridgehead atoms. The van der Waals surface area contributed by atoms with Crippen LogP contribution in [0.25, 0.3) is 0 Å². The van der Waals surface area contributed by atoms with Crippen molar-refractivity contribution in [2.45, 2.75) is 32.1 Å². The largest absolute Gasteiger partial charge is 0.394 e. The summed E-state index contributed by atoms with van der Waals surface area (Å²) in [6.45, 7) is 5.36. The molecule has 1 aliphatic heterocycles. The van der Waals surface area contributed by atoms with Gasteiger partial charge in [-0.1, -0.05) is 6.58 Å². The molecule has 7 nitrogen and oxygen atoms in total. The van der Waals surface area contributed by atoms with Crippen LogP contribution in [-0.4, -0.2) is 34.0 Å². The number of nitrogens with zero attached hydrogens (tertiary/aromatic N) is 2. The lowest BCUT2D eigenvalue weighted by molar-refractivity contribution is 0.0141. The maximum atomic E-state index is 11.7. The Morgan fingerprint density at radius 3 is 3.00 bits per heavy atom. The molecule has 1 aliphatic rings. The third kappa shape index (κ3) is 2.61. The van der Waals surface area contributed by atoms with Gasteiger partial charge in [0, 0.05) is 6.20 Å². The van der Waals surface area contributed by atoms with Crippen LogP contribution in [0.5, 0.6) is 0 Å². The Balaban J connectivity index is 2.33. The smallest absolute Gasteiger partial charge is 0.257 e. The highest BCUT2D eigenvalue weighted by molar-refractivity contribution is 5.50. The number of nitrogen functional groups attached to an aromatic ring is 1. The number of rotatable bonds is 4. The molecule has 104 valence electrons. The van der Waals surface area contributed by atoms with E-state index in [1.165, 1.54) is 0 Å². The lowest BCUT2D eigenvalue weighted by Crippen LogP contribution is -2.34. The number of nitrogens with two attached hydrogens (primary N) is 1. The normalized spacial score (nSPS) is 22.4. The number of ether oxygens (including phenoxy) is 1. The summed E-state index contributed by atoms with van der Waals surface area (Å²) < 4.78 is 5.66. The van der Waals surface area contributed by atoms with Gasteiger partial charge in [0.2, 0.25) is 5.95 Å². The molecule has 7 heteroatoms. The van der Waals surface area contributed by atoms with Gasteiger partial charge >= 0.3 is 0 Å². The second-order valence-electron chi connectivity index (χ2n) is 4.46. The zero-order chi connectivity index (χ0) is 14.0. The number of aromatic amines is 1. The Morgan fingerprint density at radius 2 is 2.42 bits per heavy atom. The number of aliphatic hydroxyl groups excluding tert-OH is 1. The van der Waals surface area contributed by atoms with Gasteiger partial charge in [-0.3, -0.25) is 9.78 Å². The van der Waals surface area contributed by atoms with Crippen molar-refractivity contribution in [1.29, 1.82) is 0 Å². The quantitative estimate of drug-likeness (QED) is 0.714. The van der Waals surface area contributed by atoms with E-state index in [1.54, 1.807) is 18.0 Å². The van der Waals surface area contributed by atoms with Crippen molar-refractivity contribution in [3.63, 3.8) is 0 Å². The van der Waals surface area contributed by atoms with Crippen LogP contribution in [-0.2, 0) is 4.74 Å². The summed E-state index contributed by atoms with van der Waals surface area (Å²) in [6.07, 6.45) is 2.56. The van der Waals surface area contributed by atoms with E-state index in [9.17, 15) is 4.79 Å². The van der Waals surface area contributed by atoms with Crippen molar-refractivity contribution in [1.82, 2.24) is 9.97 Å². The van der Waals surface area contributed by atoms with Gasteiger partial charge in [-0.05, 0) is 19.8 Å². The average molecular weight is 266 g/mol. The number of hydrogen-bond acceptors (Lipinski definition) is 6. The predicted molar refractivity (Wildman–Crippen MR) is 71.7 cm³/mol. The van der Waals surface area contributed by atoms with Gasteiger partial charge in [0.1, 0.15) is 12.0 Å². The minimum atomic E-state index is -0.290. The molecular formula is C12H18N4O3. The number of aromatic nitrogens is 2. The molecule has 2 rings (SSSR count). The van der Waals surface area contributed by atoms with Gasteiger partial charge < -0.3 is 20.5 Å². The third-order valence-electron chi connectivity index (χ3n) is 3.18. The van der Waals surface area contributed by atoms with Crippen LogP contribution >= 0.6 is 0 Å². The molecule has 2 heterocycles. The maximum absolute atomic E-state index is 11.7. The summed E-state index contributed by atoms with van der Waals surface area (Å²) in [6, 6.07) is 0. The van der Waals surface area contributed by atoms with E-state index in [2.05, 4.69) is 16.5 Å². The number of hydrogen-bond donors (Lipinski definition) is 3. The summed E-state index contributed by atoms with van der Waals surface area (Å²) in [5.74, 6) is 0.481. The molecule has 0 aliphatic carbocycles. The first-order valence-electron chi connectivity index (χ1n) is 6.10. The van der Waals surface area contributed by atoms with Crippen molar-refractivity contribution >= 4 is 11.8 Å². The Labute approximate surface area is 110 Å². The fraction of sp³-hybridized carbons (Fsp3) is 0.500. The minimum Gasteiger partial charge on any atom is -0.394 e. The van der Waals surface area contributed by atoms with Crippen LogP contribution in [0.3, 0.4) is 0 Å². The zero-order valence-corrected chi connectivity index (χ0v) is 10.8. The lowest BCUT2D eigenvalue weighted by atomic mass is 10.2. The molecule has 2 atom stereocenters. The van der Waals surface area contributed by atoms with E-state index in [1.807, 2.05) is 0 Å². The molecule has 1 aromatic rings. The van der Waals surface area contributed by atoms with Crippen LogP contribution in [0.4, 0.5) is 11.8 Å². The Hall–Kier alpha value is -1.86. The first-order chi connectivity index (χ1) is 9.06. The van der Waals surface area contributed by atoms with Crippen molar-refractivity contribution in [2.75, 3.05) is 17.2 Å². The molecular weight excluding hydrogens is 248 g/mol. The topological polar surface area (TPSA) is 104 Å². The summed E-state index contributed by atoms with van der Waals surface area (Å²) in [5, 5.41) is 9.09. The van der Waals surface area contributed by atoms with Gasteiger partial charge in [-0.25, -0.2) is 0 Å². The van der Waals surface area contributed by atoms with Crippen LogP contribution < -0.4 is 16.2 Å². The first kappa shape index (κ1) is 13.6. The fourth-order valence-electron chi connectivity index (χ4n) is 2.15. The molecule has 1 aromatic heterocycles. The highest BCUT2D eigenvalue weighted by Gasteiger charge is 2.30. The molecule has 0 spiro atoms. The van der Waals surface area contributed by atoms with Crippen molar-refractivity contribution in [3.8, 4) is 0 Å². The maximum Gasteiger partial charge on any atom is 0.257 e. The van der Waals surface area contributed by atoms with Crippen molar-refractivity contribution in [3.05, 3.63) is 28.7 Å². The fourth-order valence-corrected chi connectivity index (χ4v) is 2.15. The molecule has 0 unspecified atom stereocenters. The Bertz CT molecular complexity index is 528. The Morgan fingerprint density at radius 1 is 1.68 bits per heavy atom. The summed E-state index contributed by atoms with van der Waals surface area (Å²) in [7, 11) is 0. The van der Waals surface area contributed by atoms with Crippen molar-refractivity contribution < 1.29 is 9.84 Å². The lowest BCUT2D eigenvalue weighted by Gasteiger charge is -2.27. The number of aliphatic hydroxyl groups is 1. The average Bonchev–Trinajstić information content (AvgIpc) is 2.84. The van der Waals surface area contributed by atoms with Crippen molar-refractivity contribution in [2.24, 2.45) is 0 Å². The van der Waals surface area contributed by atoms with Crippen LogP contribution in [0.1, 0.15) is 18.4 Å². The molecule has 0 saturated carbocycles. The zero-order valence-electron chi connectivity index (χ0n) is 10.8. The van der Waals surface area contributed by atoms with E-state index < -0.39 is 0 Å². The molecule has 19 heavy (non-hydrogen) atoms. The molecule has 1 saturated heterocycles. The minimum absolute atomic E-state index is 0.0224. The SMILES string of the molecule is C=CN(c1nc(N)[nH]c(=O)c1C)[C@H]1CC[C@@H](CO)O1. The van der Waals surface area contributed by atoms with E-state index >= 15 is 0 Å². The summed E-state index contributed by atoms with van der Waals surface area (Å²) in [5.41, 5.74) is 5.73. The first-order valence-corrected chi connectivity index (χ1v) is 6.10. The highest BCUT2D eigenvalue weighted by Crippen LogP contribution is 2.27. The molecule has 4 N–H and O–H groups in total. The summed E-state index contributed by atoms with van der Waals surface area (Å²) >= 11 is 0. The number of anilines is 2. The van der Waals surface area contributed by atoms with Gasteiger partial charge in [0.25, 0.3) is 5.56 Å². The van der Waals surface area contributed by atoms with E-state index in [0.717, 1.165) is 12.8 Å². The monoisotopic (exact) mass is 266 g/mol. The second-order valence-corrected chi connectivity index (χ2v) is 4.46. The van der Waals surface area contributed by atoms with Gasteiger partial charge in [-0.2, -0.15) is 4.98 Å². The highest BCUT2D eigenvalue weighted by atomic mass is 16.5. The van der Waals surface area contributed by atoms with E-state index in [0.29, 0.717) is 11.4 Å². The van der Waals surface area contributed by atoms with E-state index in [-0.39, 0.29) is 30.4 Å². The number of nitrogens with one attached hydrogen (secondary N) is 1. The van der Waals surface area contributed by atoms with Crippen LogP contribution in [0.15, 0.2) is 17.6 Å². The van der Waals surface area contributed by atoms with Gasteiger partial charge in [-0.15, -0.1) is 0 Å². The standard InChI is InChI=1S/C12H18N4O3/c1-3-16(9-5-4-8(6-17)19-9)10-7(2)11(18)15-12(13)14-10/h3,8-9,17H,1,4-6H2,2H3,(H3,13,14,15,18)/t8-,9+/m0/s1. The predicted octanol–water partition coefficient (Wildman–Crippen LogP) is 0.108. The summed E-state index contributed by atoms with van der Waals surface area (Å²) in [4.78, 5) is 19.9. The van der Waals surface area contributed by atoms with Gasteiger partial charge in [0.15, 0.2) is 0 Å². The second kappa shape index (κ2) is 5.41. The molecule has 0 aromatic carbocycles.